The molecule has 1 aliphatic rings. The zero-order valence-corrected chi connectivity index (χ0v) is 15.0. The summed E-state index contributed by atoms with van der Waals surface area (Å²) in [6.45, 7) is 2.24. The highest BCUT2D eigenvalue weighted by molar-refractivity contribution is 5.94. The summed E-state index contributed by atoms with van der Waals surface area (Å²) in [6, 6.07) is 9.98. The lowest BCUT2D eigenvalue weighted by Gasteiger charge is -2.10. The first-order valence-electron chi connectivity index (χ1n) is 8.79. The average Bonchev–Trinajstić information content (AvgIpc) is 3.36. The van der Waals surface area contributed by atoms with Crippen molar-refractivity contribution >= 4 is 17.7 Å². The SMILES string of the molecule is CC(=O)c1ccc(-c2ccc(C(=O)OCC(=O)NC[C@H]3CCCO3)o2)cc1. The average molecular weight is 371 g/mol. The van der Waals surface area contributed by atoms with E-state index in [2.05, 4.69) is 5.32 Å². The number of amides is 1. The highest BCUT2D eigenvalue weighted by Crippen LogP contribution is 2.23. The molecule has 1 aromatic heterocycles. The van der Waals surface area contributed by atoms with Crippen molar-refractivity contribution in [2.45, 2.75) is 25.9 Å². The molecule has 1 fully saturated rings. The number of ketones is 1. The number of carbonyl (C=O) groups excluding carboxylic acids is 3. The zero-order valence-electron chi connectivity index (χ0n) is 15.0. The summed E-state index contributed by atoms with van der Waals surface area (Å²) < 4.78 is 15.9. The highest BCUT2D eigenvalue weighted by Gasteiger charge is 2.18. The van der Waals surface area contributed by atoms with Gasteiger partial charge in [-0.25, -0.2) is 4.79 Å². The van der Waals surface area contributed by atoms with E-state index in [4.69, 9.17) is 13.9 Å². The van der Waals surface area contributed by atoms with Gasteiger partial charge in [0.1, 0.15) is 5.76 Å². The molecule has 0 radical (unpaired) electrons. The monoisotopic (exact) mass is 371 g/mol. The summed E-state index contributed by atoms with van der Waals surface area (Å²) in [4.78, 5) is 35.1. The second-order valence-electron chi connectivity index (χ2n) is 6.31. The van der Waals surface area contributed by atoms with Crippen molar-refractivity contribution < 1.29 is 28.3 Å². The van der Waals surface area contributed by atoms with Crippen LogP contribution in [0.1, 0.15) is 40.7 Å². The Morgan fingerprint density at radius 3 is 2.59 bits per heavy atom. The second-order valence-corrected chi connectivity index (χ2v) is 6.31. The molecule has 1 aromatic carbocycles. The molecular weight excluding hydrogens is 350 g/mol. The molecule has 27 heavy (non-hydrogen) atoms. The largest absolute Gasteiger partial charge is 0.450 e. The first kappa shape index (κ1) is 18.8. The molecule has 1 aliphatic heterocycles. The van der Waals surface area contributed by atoms with Crippen LogP contribution in [0.15, 0.2) is 40.8 Å². The van der Waals surface area contributed by atoms with Crippen LogP contribution in [0.3, 0.4) is 0 Å². The minimum absolute atomic E-state index is 0.00701. The number of nitrogens with one attached hydrogen (secondary N) is 1. The van der Waals surface area contributed by atoms with Gasteiger partial charge in [-0.1, -0.05) is 24.3 Å². The fraction of sp³-hybridized carbons (Fsp3) is 0.350. The summed E-state index contributed by atoms with van der Waals surface area (Å²) in [6.07, 6.45) is 1.95. The summed E-state index contributed by atoms with van der Waals surface area (Å²) in [5.41, 5.74) is 1.33. The number of furan rings is 1. The maximum absolute atomic E-state index is 12.0. The Hall–Kier alpha value is -2.93. The quantitative estimate of drug-likeness (QED) is 0.594. The Kier molecular flexibility index (Phi) is 6.03. The third-order valence-electron chi connectivity index (χ3n) is 4.27. The van der Waals surface area contributed by atoms with Crippen LogP contribution in [0.5, 0.6) is 0 Å². The molecular formula is C20H21NO6. The molecule has 0 bridgehead atoms. The standard InChI is InChI=1S/C20H21NO6/c1-13(22)14-4-6-15(7-5-14)17-8-9-18(27-17)20(24)26-12-19(23)21-11-16-3-2-10-25-16/h4-9,16H,2-3,10-12H2,1H3,(H,21,23)/t16-/m1/s1. The van der Waals surface area contributed by atoms with Crippen LogP contribution in [0, 0.1) is 0 Å². The van der Waals surface area contributed by atoms with E-state index in [9.17, 15) is 14.4 Å². The molecule has 0 unspecified atom stereocenters. The lowest BCUT2D eigenvalue weighted by Crippen LogP contribution is -2.34. The molecule has 1 N–H and O–H groups in total. The number of rotatable bonds is 7. The summed E-state index contributed by atoms with van der Waals surface area (Å²) >= 11 is 0. The van der Waals surface area contributed by atoms with Gasteiger partial charge < -0.3 is 19.2 Å². The summed E-state index contributed by atoms with van der Waals surface area (Å²) in [5, 5.41) is 2.68. The van der Waals surface area contributed by atoms with Crippen molar-refractivity contribution in [2.75, 3.05) is 19.8 Å². The first-order valence-corrected chi connectivity index (χ1v) is 8.79. The van der Waals surface area contributed by atoms with Gasteiger partial charge in [-0.05, 0) is 31.9 Å². The van der Waals surface area contributed by atoms with Gasteiger partial charge in [-0.3, -0.25) is 9.59 Å². The van der Waals surface area contributed by atoms with Crippen molar-refractivity contribution in [3.63, 3.8) is 0 Å². The minimum atomic E-state index is -0.714. The lowest BCUT2D eigenvalue weighted by molar-refractivity contribution is -0.124. The van der Waals surface area contributed by atoms with E-state index < -0.39 is 5.97 Å². The fourth-order valence-electron chi connectivity index (χ4n) is 2.76. The molecule has 1 atom stereocenters. The second kappa shape index (κ2) is 8.64. The van der Waals surface area contributed by atoms with Gasteiger partial charge >= 0.3 is 5.97 Å². The van der Waals surface area contributed by atoms with Crippen LogP contribution in [0.2, 0.25) is 0 Å². The maximum atomic E-state index is 12.0. The molecule has 3 rings (SSSR count). The Balaban J connectivity index is 1.50. The molecule has 0 spiro atoms. The van der Waals surface area contributed by atoms with Crippen molar-refractivity contribution in [3.05, 3.63) is 47.7 Å². The van der Waals surface area contributed by atoms with Crippen molar-refractivity contribution in [2.24, 2.45) is 0 Å². The fourth-order valence-corrected chi connectivity index (χ4v) is 2.76. The molecule has 0 aliphatic carbocycles. The maximum Gasteiger partial charge on any atom is 0.374 e. The van der Waals surface area contributed by atoms with Gasteiger partial charge in [0.2, 0.25) is 5.76 Å². The van der Waals surface area contributed by atoms with Crippen LogP contribution >= 0.6 is 0 Å². The number of ether oxygens (including phenoxy) is 2. The Labute approximate surface area is 156 Å². The number of Topliss-reactive ketones (excluding diaryl/α,β-unsaturated/α-hetero) is 1. The smallest absolute Gasteiger partial charge is 0.374 e. The number of hydrogen-bond donors (Lipinski definition) is 1. The van der Waals surface area contributed by atoms with Crippen molar-refractivity contribution in [1.82, 2.24) is 5.32 Å². The predicted octanol–water partition coefficient (Wildman–Crippen LogP) is 2.60. The van der Waals surface area contributed by atoms with Crippen LogP contribution < -0.4 is 5.32 Å². The summed E-state index contributed by atoms with van der Waals surface area (Å²) in [5.74, 6) is -0.644. The normalized spacial score (nSPS) is 16.1. The Morgan fingerprint density at radius 1 is 1.15 bits per heavy atom. The number of esters is 1. The van der Waals surface area contributed by atoms with E-state index in [1.807, 2.05) is 0 Å². The van der Waals surface area contributed by atoms with E-state index in [0.29, 0.717) is 24.5 Å². The number of hydrogen-bond acceptors (Lipinski definition) is 6. The van der Waals surface area contributed by atoms with Gasteiger partial charge in [-0.2, -0.15) is 0 Å². The van der Waals surface area contributed by atoms with Gasteiger partial charge in [0.05, 0.1) is 6.10 Å². The van der Waals surface area contributed by atoms with Crippen LogP contribution in [0.4, 0.5) is 0 Å². The van der Waals surface area contributed by atoms with E-state index in [1.165, 1.54) is 13.0 Å². The summed E-state index contributed by atoms with van der Waals surface area (Å²) in [7, 11) is 0. The molecule has 0 saturated carbocycles. The van der Waals surface area contributed by atoms with Crippen LogP contribution in [-0.2, 0) is 14.3 Å². The molecule has 7 nitrogen and oxygen atoms in total. The van der Waals surface area contributed by atoms with E-state index in [-0.39, 0.29) is 30.2 Å². The molecule has 2 aromatic rings. The van der Waals surface area contributed by atoms with Crippen LogP contribution in [0.25, 0.3) is 11.3 Å². The number of carbonyl (C=O) groups is 3. The molecule has 2 heterocycles. The van der Waals surface area contributed by atoms with E-state index in [1.54, 1.807) is 30.3 Å². The highest BCUT2D eigenvalue weighted by atomic mass is 16.5. The third kappa shape index (κ3) is 5.04. The number of benzene rings is 1. The Morgan fingerprint density at radius 2 is 1.93 bits per heavy atom. The zero-order chi connectivity index (χ0) is 19.2. The topological polar surface area (TPSA) is 94.8 Å². The van der Waals surface area contributed by atoms with E-state index >= 15 is 0 Å². The van der Waals surface area contributed by atoms with Gasteiger partial charge in [0.25, 0.3) is 5.91 Å². The van der Waals surface area contributed by atoms with E-state index in [0.717, 1.165) is 18.4 Å². The molecule has 1 amide bonds. The van der Waals surface area contributed by atoms with Gasteiger partial charge in [0.15, 0.2) is 12.4 Å². The van der Waals surface area contributed by atoms with Gasteiger partial charge in [0, 0.05) is 24.3 Å². The molecule has 142 valence electrons. The Bertz CT molecular complexity index is 817. The first-order chi connectivity index (χ1) is 13.0. The molecule has 7 heteroatoms. The van der Waals surface area contributed by atoms with Crippen molar-refractivity contribution in [3.8, 4) is 11.3 Å². The van der Waals surface area contributed by atoms with Crippen molar-refractivity contribution in [1.29, 1.82) is 0 Å². The minimum Gasteiger partial charge on any atom is -0.450 e. The molecule has 1 saturated heterocycles. The third-order valence-corrected chi connectivity index (χ3v) is 4.27. The predicted molar refractivity (Wildman–Crippen MR) is 96.4 cm³/mol. The van der Waals surface area contributed by atoms with Gasteiger partial charge in [-0.15, -0.1) is 0 Å². The van der Waals surface area contributed by atoms with Crippen LogP contribution in [-0.4, -0.2) is 43.5 Å². The lowest BCUT2D eigenvalue weighted by atomic mass is 10.1.